The third-order valence-electron chi connectivity index (χ3n) is 3.72. The number of likely N-dealkylation sites (tertiary alicyclic amines) is 1. The number of benzene rings is 1. The van der Waals surface area contributed by atoms with E-state index in [1.807, 2.05) is 13.0 Å². The second-order valence-corrected chi connectivity index (χ2v) is 5.49. The average molecular weight is 282 g/mol. The second-order valence-electron chi connectivity index (χ2n) is 5.06. The fourth-order valence-electron chi connectivity index (χ4n) is 2.19. The summed E-state index contributed by atoms with van der Waals surface area (Å²) in [5.41, 5.74) is 1.47. The third kappa shape index (κ3) is 2.73. The Labute approximate surface area is 117 Å². The molecule has 1 amide bonds. The lowest BCUT2D eigenvalue weighted by Crippen LogP contribution is -2.53. The lowest BCUT2D eigenvalue weighted by Gasteiger charge is -2.41. The van der Waals surface area contributed by atoms with Gasteiger partial charge in [0.1, 0.15) is 0 Å². The van der Waals surface area contributed by atoms with Crippen molar-refractivity contribution in [2.75, 3.05) is 13.1 Å². The van der Waals surface area contributed by atoms with Crippen molar-refractivity contribution in [1.82, 2.24) is 4.90 Å². The van der Waals surface area contributed by atoms with E-state index < -0.39 is 11.9 Å². The molecule has 1 fully saturated rings. The van der Waals surface area contributed by atoms with Crippen molar-refractivity contribution in [1.29, 1.82) is 0 Å². The Kier molecular flexibility index (Phi) is 3.80. The van der Waals surface area contributed by atoms with Gasteiger partial charge in [-0.25, -0.2) is 0 Å². The minimum Gasteiger partial charge on any atom is -0.481 e. The predicted molar refractivity (Wildman–Crippen MR) is 72.4 cm³/mol. The molecule has 4 nitrogen and oxygen atoms in total. The number of carboxylic acid groups (broad SMARTS) is 1. The molecule has 1 heterocycles. The molecule has 1 unspecified atom stereocenters. The van der Waals surface area contributed by atoms with E-state index in [9.17, 15) is 9.59 Å². The number of hydrogen-bond donors (Lipinski definition) is 1. The van der Waals surface area contributed by atoms with E-state index in [2.05, 4.69) is 0 Å². The van der Waals surface area contributed by atoms with Gasteiger partial charge in [0.15, 0.2) is 0 Å². The van der Waals surface area contributed by atoms with Gasteiger partial charge < -0.3 is 10.0 Å². The highest BCUT2D eigenvalue weighted by molar-refractivity contribution is 6.31. The van der Waals surface area contributed by atoms with Gasteiger partial charge in [-0.3, -0.25) is 9.59 Å². The Hall–Kier alpha value is -1.55. The van der Waals surface area contributed by atoms with Gasteiger partial charge in [-0.2, -0.15) is 0 Å². The first-order valence-electron chi connectivity index (χ1n) is 6.18. The first-order chi connectivity index (χ1) is 8.90. The number of rotatable bonds is 3. The molecule has 0 aliphatic carbocycles. The van der Waals surface area contributed by atoms with Gasteiger partial charge >= 0.3 is 5.97 Å². The Morgan fingerprint density at radius 3 is 2.63 bits per heavy atom. The van der Waals surface area contributed by atoms with E-state index in [0.29, 0.717) is 23.7 Å². The zero-order valence-electron chi connectivity index (χ0n) is 10.9. The number of hydrogen-bond acceptors (Lipinski definition) is 2. The highest BCUT2D eigenvalue weighted by atomic mass is 35.5. The summed E-state index contributed by atoms with van der Waals surface area (Å²) in [5, 5.41) is 9.45. The van der Waals surface area contributed by atoms with E-state index in [4.69, 9.17) is 16.7 Å². The number of amides is 1. The summed E-state index contributed by atoms with van der Waals surface area (Å²) in [4.78, 5) is 24.8. The number of carbonyl (C=O) groups excluding carboxylic acids is 1. The van der Waals surface area contributed by atoms with E-state index in [1.165, 1.54) is 0 Å². The lowest BCUT2D eigenvalue weighted by atomic mass is 9.86. The third-order valence-corrected chi connectivity index (χ3v) is 3.96. The summed E-state index contributed by atoms with van der Waals surface area (Å²) < 4.78 is 0. The first kappa shape index (κ1) is 13.9. The quantitative estimate of drug-likeness (QED) is 0.926. The maximum atomic E-state index is 12.3. The molecule has 0 radical (unpaired) electrons. The molecule has 1 atom stereocenters. The molecular formula is C14H16ClNO3. The maximum absolute atomic E-state index is 12.3. The van der Waals surface area contributed by atoms with Gasteiger partial charge in [0.25, 0.3) is 5.91 Å². The molecule has 0 aromatic heterocycles. The van der Waals surface area contributed by atoms with Gasteiger partial charge in [0.2, 0.25) is 0 Å². The van der Waals surface area contributed by atoms with Crippen LogP contribution < -0.4 is 0 Å². The molecule has 0 spiro atoms. The molecule has 5 heteroatoms. The van der Waals surface area contributed by atoms with Crippen LogP contribution in [0.3, 0.4) is 0 Å². The lowest BCUT2D eigenvalue weighted by molar-refractivity contribution is -0.144. The van der Waals surface area contributed by atoms with Crippen molar-refractivity contribution in [3.8, 4) is 0 Å². The zero-order chi connectivity index (χ0) is 14.2. The summed E-state index contributed by atoms with van der Waals surface area (Å²) in [7, 11) is 0. The Balaban J connectivity index is 2.04. The molecule has 19 heavy (non-hydrogen) atoms. The molecule has 1 N–H and O–H groups in total. The SMILES string of the molecule is Cc1ccc(Cl)cc1C(=O)N1CC(C(C)C(=O)O)C1. The first-order valence-corrected chi connectivity index (χ1v) is 6.56. The van der Waals surface area contributed by atoms with E-state index >= 15 is 0 Å². The van der Waals surface area contributed by atoms with Gasteiger partial charge in [-0.15, -0.1) is 0 Å². The fraction of sp³-hybridized carbons (Fsp3) is 0.429. The van der Waals surface area contributed by atoms with E-state index in [-0.39, 0.29) is 11.8 Å². The van der Waals surface area contributed by atoms with Crippen LogP contribution in [0.2, 0.25) is 5.02 Å². The Bertz CT molecular complexity index is 523. The second kappa shape index (κ2) is 5.21. The smallest absolute Gasteiger partial charge is 0.306 e. The van der Waals surface area contributed by atoms with Crippen molar-refractivity contribution in [3.63, 3.8) is 0 Å². The number of carbonyl (C=O) groups is 2. The van der Waals surface area contributed by atoms with Gasteiger partial charge in [0.05, 0.1) is 5.92 Å². The molecule has 1 aliphatic heterocycles. The van der Waals surface area contributed by atoms with Crippen molar-refractivity contribution in [2.45, 2.75) is 13.8 Å². The monoisotopic (exact) mass is 281 g/mol. The summed E-state index contributed by atoms with van der Waals surface area (Å²) >= 11 is 5.90. The molecule has 0 saturated carbocycles. The maximum Gasteiger partial charge on any atom is 0.306 e. The predicted octanol–water partition coefficient (Wildman–Crippen LogP) is 2.44. The van der Waals surface area contributed by atoms with E-state index in [1.54, 1.807) is 24.0 Å². The van der Waals surface area contributed by atoms with Crippen LogP contribution in [0.1, 0.15) is 22.8 Å². The molecule has 1 aromatic carbocycles. The van der Waals surface area contributed by atoms with Crippen LogP contribution in [0.25, 0.3) is 0 Å². The van der Waals surface area contributed by atoms with Crippen LogP contribution in [-0.4, -0.2) is 35.0 Å². The minimum atomic E-state index is -0.809. The number of carboxylic acids is 1. The van der Waals surface area contributed by atoms with Crippen molar-refractivity contribution < 1.29 is 14.7 Å². The van der Waals surface area contributed by atoms with Crippen molar-refractivity contribution in [3.05, 3.63) is 34.3 Å². The normalized spacial score (nSPS) is 16.9. The Morgan fingerprint density at radius 1 is 1.42 bits per heavy atom. The van der Waals surface area contributed by atoms with Crippen LogP contribution >= 0.6 is 11.6 Å². The molecule has 0 bridgehead atoms. The summed E-state index contributed by atoms with van der Waals surface area (Å²) in [5.74, 6) is -1.25. The van der Waals surface area contributed by atoms with Gasteiger partial charge in [-0.05, 0) is 24.6 Å². The van der Waals surface area contributed by atoms with Crippen LogP contribution in [0.5, 0.6) is 0 Å². The van der Waals surface area contributed by atoms with Gasteiger partial charge in [0, 0.05) is 29.6 Å². The van der Waals surface area contributed by atoms with Crippen LogP contribution in [0.4, 0.5) is 0 Å². The van der Waals surface area contributed by atoms with Crippen LogP contribution in [0, 0.1) is 18.8 Å². The van der Waals surface area contributed by atoms with E-state index in [0.717, 1.165) is 5.56 Å². The minimum absolute atomic E-state index is 0.0425. The zero-order valence-corrected chi connectivity index (χ0v) is 11.6. The topological polar surface area (TPSA) is 57.6 Å². The standard InChI is InChI=1S/C14H16ClNO3/c1-8-3-4-11(15)5-12(8)13(17)16-6-10(7-16)9(2)14(18)19/h3-5,9-10H,6-7H2,1-2H3,(H,18,19). The van der Waals surface area contributed by atoms with Crippen molar-refractivity contribution in [2.24, 2.45) is 11.8 Å². The number of aryl methyl sites for hydroxylation is 1. The fourth-order valence-corrected chi connectivity index (χ4v) is 2.36. The van der Waals surface area contributed by atoms with Gasteiger partial charge in [-0.1, -0.05) is 24.6 Å². The largest absolute Gasteiger partial charge is 0.481 e. The molecule has 1 aliphatic rings. The molecule has 102 valence electrons. The van der Waals surface area contributed by atoms with Crippen LogP contribution in [-0.2, 0) is 4.79 Å². The average Bonchev–Trinajstić information content (AvgIpc) is 2.29. The van der Waals surface area contributed by atoms with Crippen molar-refractivity contribution >= 4 is 23.5 Å². The summed E-state index contributed by atoms with van der Waals surface area (Å²) in [6, 6.07) is 5.22. The summed E-state index contributed by atoms with van der Waals surface area (Å²) in [6.07, 6.45) is 0. The highest BCUT2D eigenvalue weighted by Gasteiger charge is 2.37. The van der Waals surface area contributed by atoms with Crippen LogP contribution in [0.15, 0.2) is 18.2 Å². The highest BCUT2D eigenvalue weighted by Crippen LogP contribution is 2.27. The summed E-state index contributed by atoms with van der Waals surface area (Å²) in [6.45, 7) is 4.54. The molecular weight excluding hydrogens is 266 g/mol. The molecule has 1 aromatic rings. The molecule has 2 rings (SSSR count). The number of aliphatic carboxylic acids is 1. The Morgan fingerprint density at radius 2 is 2.05 bits per heavy atom. The number of halogens is 1. The molecule has 1 saturated heterocycles. The number of nitrogens with zero attached hydrogens (tertiary/aromatic N) is 1.